The van der Waals surface area contributed by atoms with E-state index >= 15 is 0 Å². The van der Waals surface area contributed by atoms with Gasteiger partial charge in [0.15, 0.2) is 0 Å². The quantitative estimate of drug-likeness (QED) is 0.709. The van der Waals surface area contributed by atoms with Crippen molar-refractivity contribution in [3.05, 3.63) is 0 Å². The third-order valence-corrected chi connectivity index (χ3v) is 3.98. The molecule has 0 aromatic heterocycles. The first kappa shape index (κ1) is 15.9. The maximum Gasteiger partial charge on any atom is 0.0739 e. The molecule has 0 spiro atoms. The summed E-state index contributed by atoms with van der Waals surface area (Å²) in [4.78, 5) is 4.81. The molecule has 0 radical (unpaired) electrons. The fraction of sp³-hybridized carbons (Fsp3) is 1.00. The van der Waals surface area contributed by atoms with Crippen molar-refractivity contribution in [2.75, 3.05) is 45.9 Å². The van der Waals surface area contributed by atoms with Gasteiger partial charge in [0, 0.05) is 6.61 Å². The van der Waals surface area contributed by atoms with Gasteiger partial charge in [-0.2, -0.15) is 0 Å². The number of likely N-dealkylation sites (N-methyl/N-ethyl adjacent to an activating group) is 1. The molecule has 1 N–H and O–H groups in total. The summed E-state index contributed by atoms with van der Waals surface area (Å²) in [6, 6.07) is 0.195. The molecule has 2 atom stereocenters. The lowest BCUT2D eigenvalue weighted by Gasteiger charge is -2.37. The summed E-state index contributed by atoms with van der Waals surface area (Å²) in [5.74, 6) is 0. The van der Waals surface area contributed by atoms with E-state index in [0.29, 0.717) is 13.2 Å². The molecule has 2 unspecified atom stereocenters. The fourth-order valence-corrected chi connectivity index (χ4v) is 2.66. The Bertz CT molecular complexity index is 210. The van der Waals surface area contributed by atoms with E-state index in [-0.39, 0.29) is 12.1 Å². The van der Waals surface area contributed by atoms with Gasteiger partial charge in [-0.15, -0.1) is 0 Å². The number of nitrogens with zero attached hydrogens (tertiary/aromatic N) is 2. The fourth-order valence-electron chi connectivity index (χ4n) is 2.66. The Balaban J connectivity index is 2.32. The highest BCUT2D eigenvalue weighted by Crippen LogP contribution is 2.14. The van der Waals surface area contributed by atoms with Crippen LogP contribution in [0, 0.1) is 0 Å². The third-order valence-electron chi connectivity index (χ3n) is 3.98. The minimum atomic E-state index is -0.216. The number of aliphatic hydroxyl groups excluding tert-OH is 1. The van der Waals surface area contributed by atoms with E-state index in [1.165, 1.54) is 6.42 Å². The normalized spacial score (nSPS) is 25.0. The molecular weight excluding hydrogens is 228 g/mol. The Hall–Kier alpha value is -0.160. The lowest BCUT2D eigenvalue weighted by Crippen LogP contribution is -2.50. The molecule has 0 saturated carbocycles. The number of ether oxygens (including phenoxy) is 1. The maximum absolute atomic E-state index is 10.0. The van der Waals surface area contributed by atoms with Gasteiger partial charge in [0.05, 0.1) is 18.8 Å². The van der Waals surface area contributed by atoms with Crippen molar-refractivity contribution in [1.29, 1.82) is 0 Å². The second-order valence-electron chi connectivity index (χ2n) is 5.01. The van der Waals surface area contributed by atoms with Crippen molar-refractivity contribution in [1.82, 2.24) is 9.80 Å². The topological polar surface area (TPSA) is 35.9 Å². The molecule has 0 aromatic rings. The van der Waals surface area contributed by atoms with Crippen LogP contribution in [-0.2, 0) is 4.74 Å². The molecule has 4 nitrogen and oxygen atoms in total. The summed E-state index contributed by atoms with van der Waals surface area (Å²) in [7, 11) is 0. The lowest BCUT2D eigenvalue weighted by molar-refractivity contribution is -0.0605. The second-order valence-corrected chi connectivity index (χ2v) is 5.01. The van der Waals surface area contributed by atoms with E-state index in [2.05, 4.69) is 30.6 Å². The van der Waals surface area contributed by atoms with Gasteiger partial charge < -0.3 is 14.7 Å². The van der Waals surface area contributed by atoms with Crippen molar-refractivity contribution in [2.24, 2.45) is 0 Å². The largest absolute Gasteiger partial charge is 0.391 e. The maximum atomic E-state index is 10.0. The first-order valence-corrected chi connectivity index (χ1v) is 7.45. The van der Waals surface area contributed by atoms with Crippen LogP contribution in [0.25, 0.3) is 0 Å². The molecule has 4 heteroatoms. The van der Waals surface area contributed by atoms with Gasteiger partial charge in [-0.3, -0.25) is 4.90 Å². The molecule has 108 valence electrons. The third kappa shape index (κ3) is 4.84. The van der Waals surface area contributed by atoms with Gasteiger partial charge in [-0.25, -0.2) is 0 Å². The summed E-state index contributed by atoms with van der Waals surface area (Å²) in [6.07, 6.45) is 1.72. The van der Waals surface area contributed by atoms with E-state index in [1.807, 2.05) is 0 Å². The van der Waals surface area contributed by atoms with Crippen LogP contribution < -0.4 is 0 Å². The lowest BCUT2D eigenvalue weighted by atomic mass is 10.0. The van der Waals surface area contributed by atoms with E-state index in [0.717, 1.165) is 39.1 Å². The zero-order valence-corrected chi connectivity index (χ0v) is 12.3. The van der Waals surface area contributed by atoms with Crippen LogP contribution in [-0.4, -0.2) is 73.0 Å². The number of hydrogen-bond acceptors (Lipinski definition) is 4. The minimum absolute atomic E-state index is 0.195. The van der Waals surface area contributed by atoms with Crippen LogP contribution in [0.4, 0.5) is 0 Å². The molecule has 18 heavy (non-hydrogen) atoms. The molecule has 0 aliphatic carbocycles. The summed E-state index contributed by atoms with van der Waals surface area (Å²) in [6.45, 7) is 13.4. The Kier molecular flexibility index (Phi) is 7.82. The predicted octanol–water partition coefficient (Wildman–Crippen LogP) is 1.19. The molecule has 1 rings (SSSR count). The average molecular weight is 258 g/mol. The van der Waals surface area contributed by atoms with Gasteiger partial charge in [-0.05, 0) is 45.6 Å². The molecule has 0 bridgehead atoms. The van der Waals surface area contributed by atoms with Gasteiger partial charge in [0.25, 0.3) is 0 Å². The predicted molar refractivity (Wildman–Crippen MR) is 74.9 cm³/mol. The van der Waals surface area contributed by atoms with Gasteiger partial charge in [-0.1, -0.05) is 20.8 Å². The first-order valence-electron chi connectivity index (χ1n) is 7.45. The van der Waals surface area contributed by atoms with Crippen LogP contribution in [0.1, 0.15) is 33.6 Å². The van der Waals surface area contributed by atoms with E-state index in [9.17, 15) is 5.11 Å². The van der Waals surface area contributed by atoms with E-state index in [1.54, 1.807) is 0 Å². The SMILES string of the molecule is CCN(CC)CCCN(CC)C1COCCC1O. The standard InChI is InChI=1S/C14H30N2O2/c1-4-15(5-2)9-7-10-16(6-3)13-12-18-11-8-14(13)17/h13-14,17H,4-12H2,1-3H3. The van der Waals surface area contributed by atoms with Crippen LogP contribution in [0.3, 0.4) is 0 Å². The monoisotopic (exact) mass is 258 g/mol. The highest BCUT2D eigenvalue weighted by molar-refractivity contribution is 4.81. The summed E-state index contributed by atoms with van der Waals surface area (Å²) >= 11 is 0. The Morgan fingerprint density at radius 1 is 1.11 bits per heavy atom. The highest BCUT2D eigenvalue weighted by atomic mass is 16.5. The zero-order chi connectivity index (χ0) is 13.4. The minimum Gasteiger partial charge on any atom is -0.391 e. The highest BCUT2D eigenvalue weighted by Gasteiger charge is 2.28. The van der Waals surface area contributed by atoms with Crippen LogP contribution in [0.15, 0.2) is 0 Å². The van der Waals surface area contributed by atoms with Crippen molar-refractivity contribution >= 4 is 0 Å². The smallest absolute Gasteiger partial charge is 0.0739 e. The van der Waals surface area contributed by atoms with Crippen LogP contribution >= 0.6 is 0 Å². The molecule has 1 fully saturated rings. The molecule has 0 aromatic carbocycles. The molecule has 1 aliphatic heterocycles. The van der Waals surface area contributed by atoms with Crippen molar-refractivity contribution in [2.45, 2.75) is 45.8 Å². The number of aliphatic hydroxyl groups is 1. The summed E-state index contributed by atoms with van der Waals surface area (Å²) in [5, 5.41) is 10.0. The molecular formula is C14H30N2O2. The van der Waals surface area contributed by atoms with Crippen molar-refractivity contribution < 1.29 is 9.84 Å². The first-order chi connectivity index (χ1) is 8.72. The van der Waals surface area contributed by atoms with Gasteiger partial charge >= 0.3 is 0 Å². The van der Waals surface area contributed by atoms with E-state index in [4.69, 9.17) is 4.74 Å². The Morgan fingerprint density at radius 3 is 2.39 bits per heavy atom. The van der Waals surface area contributed by atoms with E-state index < -0.39 is 0 Å². The molecule has 1 aliphatic rings. The number of rotatable bonds is 8. The summed E-state index contributed by atoms with van der Waals surface area (Å²) < 4.78 is 5.49. The second kappa shape index (κ2) is 8.86. The van der Waals surface area contributed by atoms with Crippen LogP contribution in [0.2, 0.25) is 0 Å². The molecule has 0 amide bonds. The number of hydrogen-bond donors (Lipinski definition) is 1. The average Bonchev–Trinajstić information content (AvgIpc) is 2.40. The molecule has 1 heterocycles. The summed E-state index contributed by atoms with van der Waals surface area (Å²) in [5.41, 5.74) is 0. The van der Waals surface area contributed by atoms with Crippen molar-refractivity contribution in [3.8, 4) is 0 Å². The zero-order valence-electron chi connectivity index (χ0n) is 12.3. The molecule has 1 saturated heterocycles. The van der Waals surface area contributed by atoms with Crippen LogP contribution in [0.5, 0.6) is 0 Å². The van der Waals surface area contributed by atoms with Gasteiger partial charge in [0.1, 0.15) is 0 Å². The Morgan fingerprint density at radius 2 is 1.83 bits per heavy atom. The van der Waals surface area contributed by atoms with Gasteiger partial charge in [0.2, 0.25) is 0 Å². The Labute approximate surface area is 112 Å². The van der Waals surface area contributed by atoms with Crippen molar-refractivity contribution in [3.63, 3.8) is 0 Å².